The Balaban J connectivity index is 2.38. The van der Waals surface area contributed by atoms with E-state index in [0.717, 1.165) is 12.1 Å². The van der Waals surface area contributed by atoms with Crippen molar-refractivity contribution in [1.29, 1.82) is 0 Å². The van der Waals surface area contributed by atoms with Gasteiger partial charge in [-0.15, -0.1) is 0 Å². The molecule has 1 aromatic heterocycles. The number of nitrogens with zero attached hydrogens (tertiary/aromatic N) is 2. The number of aromatic nitrogens is 2. The van der Waals surface area contributed by atoms with Crippen molar-refractivity contribution >= 4 is 21.7 Å². The molecular weight excluding hydrogens is 298 g/mol. The quantitative estimate of drug-likeness (QED) is 0.772. The highest BCUT2D eigenvalue weighted by Gasteiger charge is 2.22. The van der Waals surface area contributed by atoms with Crippen molar-refractivity contribution in [1.82, 2.24) is 9.78 Å². The summed E-state index contributed by atoms with van der Waals surface area (Å²) in [5.41, 5.74) is 0.212. The fourth-order valence-electron chi connectivity index (χ4n) is 1.90. The van der Waals surface area contributed by atoms with Gasteiger partial charge in [0.15, 0.2) is 5.03 Å². The number of hydrogen-bond donors (Lipinski definition) is 3. The maximum atomic E-state index is 12.3. The number of benzene rings is 1. The summed E-state index contributed by atoms with van der Waals surface area (Å²) in [5, 5.41) is 22.2. The van der Waals surface area contributed by atoms with Crippen molar-refractivity contribution in [2.75, 3.05) is 4.72 Å². The zero-order valence-corrected chi connectivity index (χ0v) is 12.0. The molecule has 0 atom stereocenters. The topological polar surface area (TPSA) is 122 Å². The number of hydrogen-bond acceptors (Lipinski definition) is 5. The predicted molar refractivity (Wildman–Crippen MR) is 73.8 cm³/mol. The van der Waals surface area contributed by atoms with Crippen molar-refractivity contribution in [3.05, 3.63) is 35.5 Å². The van der Waals surface area contributed by atoms with E-state index in [1.807, 2.05) is 0 Å². The van der Waals surface area contributed by atoms with E-state index in [1.54, 1.807) is 6.92 Å². The van der Waals surface area contributed by atoms with E-state index in [4.69, 9.17) is 5.11 Å². The van der Waals surface area contributed by atoms with Crippen LogP contribution >= 0.6 is 0 Å². The molecule has 1 heterocycles. The van der Waals surface area contributed by atoms with Gasteiger partial charge >= 0.3 is 5.97 Å². The third kappa shape index (κ3) is 2.82. The maximum Gasteiger partial charge on any atom is 0.339 e. The highest BCUT2D eigenvalue weighted by molar-refractivity contribution is 7.92. The monoisotopic (exact) mass is 311 g/mol. The first-order valence-electron chi connectivity index (χ1n) is 5.80. The van der Waals surface area contributed by atoms with E-state index in [1.165, 1.54) is 24.0 Å². The van der Waals surface area contributed by atoms with Crippen LogP contribution in [0.15, 0.2) is 29.4 Å². The zero-order valence-electron chi connectivity index (χ0n) is 11.2. The number of rotatable bonds is 4. The summed E-state index contributed by atoms with van der Waals surface area (Å²) in [6.45, 7) is 1.60. The van der Waals surface area contributed by atoms with Crippen LogP contribution in [0.1, 0.15) is 15.9 Å². The van der Waals surface area contributed by atoms with Gasteiger partial charge in [0.25, 0.3) is 10.0 Å². The van der Waals surface area contributed by atoms with Crippen LogP contribution in [0.25, 0.3) is 0 Å². The Morgan fingerprint density at radius 3 is 2.52 bits per heavy atom. The molecule has 112 valence electrons. The maximum absolute atomic E-state index is 12.3. The smallest absolute Gasteiger partial charge is 0.339 e. The number of nitrogens with one attached hydrogen (secondary N) is 1. The molecule has 0 fully saturated rings. The molecule has 0 saturated heterocycles. The Labute approximate surface area is 120 Å². The third-order valence-electron chi connectivity index (χ3n) is 2.79. The van der Waals surface area contributed by atoms with E-state index < -0.39 is 21.7 Å². The Morgan fingerprint density at radius 2 is 2.05 bits per heavy atom. The van der Waals surface area contributed by atoms with E-state index in [9.17, 15) is 18.3 Å². The zero-order chi connectivity index (χ0) is 15.8. The normalized spacial score (nSPS) is 11.3. The summed E-state index contributed by atoms with van der Waals surface area (Å²) in [5.74, 6) is -1.83. The molecule has 9 heteroatoms. The van der Waals surface area contributed by atoms with Crippen molar-refractivity contribution in [2.24, 2.45) is 7.05 Å². The first-order chi connectivity index (χ1) is 9.72. The highest BCUT2D eigenvalue weighted by Crippen LogP contribution is 2.24. The number of sulfonamides is 1. The van der Waals surface area contributed by atoms with Gasteiger partial charge in [0.05, 0.1) is 11.9 Å². The fourth-order valence-corrected chi connectivity index (χ4v) is 3.31. The number of aromatic hydroxyl groups is 1. The van der Waals surface area contributed by atoms with Crippen LogP contribution in [0.5, 0.6) is 5.75 Å². The summed E-state index contributed by atoms with van der Waals surface area (Å²) >= 11 is 0. The first-order valence-corrected chi connectivity index (χ1v) is 7.28. The van der Waals surface area contributed by atoms with Crippen LogP contribution in [0.4, 0.5) is 5.69 Å². The van der Waals surface area contributed by atoms with Crippen LogP contribution in [-0.4, -0.2) is 34.4 Å². The molecule has 0 bridgehead atoms. The molecular formula is C12H13N3O5S. The lowest BCUT2D eigenvalue weighted by atomic mass is 10.2. The lowest BCUT2D eigenvalue weighted by molar-refractivity contribution is 0.0694. The predicted octanol–water partition coefficient (Wildman–Crippen LogP) is 0.933. The lowest BCUT2D eigenvalue weighted by Crippen LogP contribution is -2.17. The minimum Gasteiger partial charge on any atom is -0.507 e. The molecule has 0 saturated carbocycles. The van der Waals surface area contributed by atoms with Crippen molar-refractivity contribution in [3.8, 4) is 5.75 Å². The summed E-state index contributed by atoms with van der Waals surface area (Å²) in [6, 6.07) is 3.41. The molecule has 2 aromatic rings. The fraction of sp³-hybridized carbons (Fsp3) is 0.167. The van der Waals surface area contributed by atoms with E-state index in [0.29, 0.717) is 5.56 Å². The van der Waals surface area contributed by atoms with Gasteiger partial charge in [-0.1, -0.05) is 0 Å². The molecule has 0 amide bonds. The molecule has 0 aliphatic heterocycles. The van der Waals surface area contributed by atoms with Crippen LogP contribution in [0, 0.1) is 6.92 Å². The van der Waals surface area contributed by atoms with Gasteiger partial charge < -0.3 is 10.2 Å². The number of aryl methyl sites for hydroxylation is 2. The average Bonchev–Trinajstić information content (AvgIpc) is 2.68. The van der Waals surface area contributed by atoms with Gasteiger partial charge in [-0.05, 0) is 19.1 Å². The van der Waals surface area contributed by atoms with Gasteiger partial charge in [0.1, 0.15) is 11.3 Å². The Bertz CT molecular complexity index is 791. The Kier molecular flexibility index (Phi) is 3.60. The average molecular weight is 311 g/mol. The minimum absolute atomic E-state index is 0.00991. The van der Waals surface area contributed by atoms with Crippen molar-refractivity contribution in [3.63, 3.8) is 0 Å². The molecule has 0 unspecified atom stereocenters. The second kappa shape index (κ2) is 5.09. The first kappa shape index (κ1) is 14.9. The molecule has 0 aliphatic rings. The number of aromatic carboxylic acids is 1. The van der Waals surface area contributed by atoms with Gasteiger partial charge in [0.2, 0.25) is 0 Å². The Morgan fingerprint density at radius 1 is 1.38 bits per heavy atom. The molecule has 1 aromatic carbocycles. The molecule has 0 radical (unpaired) electrons. The molecule has 0 aliphatic carbocycles. The van der Waals surface area contributed by atoms with Crippen molar-refractivity contribution < 1.29 is 23.4 Å². The number of phenols is 1. The van der Waals surface area contributed by atoms with E-state index in [-0.39, 0.29) is 16.3 Å². The van der Waals surface area contributed by atoms with Crippen LogP contribution in [0.3, 0.4) is 0 Å². The molecule has 8 nitrogen and oxygen atoms in total. The third-order valence-corrected chi connectivity index (χ3v) is 4.39. The Hall–Kier alpha value is -2.55. The second-order valence-electron chi connectivity index (χ2n) is 4.40. The number of carboxylic acid groups (broad SMARTS) is 1. The lowest BCUT2D eigenvalue weighted by Gasteiger charge is -2.10. The van der Waals surface area contributed by atoms with Crippen LogP contribution in [-0.2, 0) is 17.1 Å². The van der Waals surface area contributed by atoms with Crippen LogP contribution < -0.4 is 4.72 Å². The minimum atomic E-state index is -3.89. The van der Waals surface area contributed by atoms with Crippen molar-refractivity contribution in [2.45, 2.75) is 11.9 Å². The highest BCUT2D eigenvalue weighted by atomic mass is 32.2. The summed E-state index contributed by atoms with van der Waals surface area (Å²) in [6.07, 6.45) is 1.42. The molecule has 3 N–H and O–H groups in total. The summed E-state index contributed by atoms with van der Waals surface area (Å²) < 4.78 is 28.0. The number of carbonyl (C=O) groups is 1. The van der Waals surface area contributed by atoms with Gasteiger partial charge in [-0.25, -0.2) is 4.79 Å². The molecule has 0 spiro atoms. The second-order valence-corrected chi connectivity index (χ2v) is 6.00. The van der Waals surface area contributed by atoms with Gasteiger partial charge in [-0.2, -0.15) is 13.5 Å². The SMILES string of the molecule is Cc1cnn(C)c1S(=O)(=O)Nc1ccc(C(=O)O)c(O)c1. The van der Waals surface area contributed by atoms with Gasteiger partial charge in [-0.3, -0.25) is 9.40 Å². The summed E-state index contributed by atoms with van der Waals surface area (Å²) in [7, 11) is -2.40. The molecule has 2 rings (SSSR count). The van der Waals surface area contributed by atoms with Gasteiger partial charge in [0, 0.05) is 18.7 Å². The largest absolute Gasteiger partial charge is 0.507 e. The number of carboxylic acids is 1. The number of anilines is 1. The summed E-state index contributed by atoms with van der Waals surface area (Å²) in [4.78, 5) is 10.8. The molecule has 21 heavy (non-hydrogen) atoms. The van der Waals surface area contributed by atoms with E-state index >= 15 is 0 Å². The standard InChI is InChI=1S/C12H13N3O5S/c1-7-6-13-15(2)11(7)21(19,20)14-8-3-4-9(12(17)18)10(16)5-8/h3-6,14,16H,1-2H3,(H,17,18). The van der Waals surface area contributed by atoms with E-state index in [2.05, 4.69) is 9.82 Å². The van der Waals surface area contributed by atoms with Crippen LogP contribution in [0.2, 0.25) is 0 Å².